The molecule has 0 bridgehead atoms. The number of aromatic amines is 1. The molecule has 4 heteroatoms. The summed E-state index contributed by atoms with van der Waals surface area (Å²) in [4.78, 5) is 15.3. The summed E-state index contributed by atoms with van der Waals surface area (Å²) < 4.78 is 0. The molecule has 0 fully saturated rings. The first-order valence-electron chi connectivity index (χ1n) is 7.51. The maximum absolute atomic E-state index is 12.1. The molecule has 2 aromatic rings. The molecule has 21 heavy (non-hydrogen) atoms. The minimum absolute atomic E-state index is 0.0817. The average Bonchev–Trinajstić information content (AvgIpc) is 2.88. The summed E-state index contributed by atoms with van der Waals surface area (Å²) in [6.07, 6.45) is 3.50. The highest BCUT2D eigenvalue weighted by molar-refractivity contribution is 5.86. The number of fused-ring (bicyclic) bond motifs is 1. The molecule has 2 rings (SSSR count). The number of benzene rings is 1. The molecule has 0 spiro atoms. The molecule has 0 aliphatic rings. The van der Waals surface area contributed by atoms with Crippen molar-refractivity contribution in [1.82, 2.24) is 10.3 Å². The molecule has 1 heterocycles. The second kappa shape index (κ2) is 6.31. The Morgan fingerprint density at radius 3 is 2.81 bits per heavy atom. The number of H-pyrrole nitrogens is 1. The van der Waals surface area contributed by atoms with Crippen LogP contribution in [0.2, 0.25) is 0 Å². The molecule has 1 amide bonds. The first-order chi connectivity index (χ1) is 9.93. The third kappa shape index (κ3) is 3.85. The van der Waals surface area contributed by atoms with E-state index < -0.39 is 6.04 Å². The van der Waals surface area contributed by atoms with Gasteiger partial charge in [-0.25, -0.2) is 0 Å². The van der Waals surface area contributed by atoms with Crippen LogP contribution in [-0.4, -0.2) is 23.5 Å². The van der Waals surface area contributed by atoms with E-state index in [1.165, 1.54) is 0 Å². The third-order valence-electron chi connectivity index (χ3n) is 4.15. The molecule has 1 aromatic heterocycles. The molecule has 114 valence electrons. The number of carbonyl (C=O) groups is 1. The van der Waals surface area contributed by atoms with Gasteiger partial charge in [0.15, 0.2) is 0 Å². The normalized spacial score (nSPS) is 13.3. The quantitative estimate of drug-likeness (QED) is 0.764. The number of hydrogen-bond donors (Lipinski definition) is 3. The van der Waals surface area contributed by atoms with Gasteiger partial charge in [0.05, 0.1) is 6.04 Å². The molecule has 0 unspecified atom stereocenters. The summed E-state index contributed by atoms with van der Waals surface area (Å²) in [7, 11) is 0. The van der Waals surface area contributed by atoms with Gasteiger partial charge in [0.25, 0.3) is 0 Å². The Bertz CT molecular complexity index is 615. The number of para-hydroxylation sites is 1. The predicted octanol–water partition coefficient (Wildman–Crippen LogP) is 2.59. The highest BCUT2D eigenvalue weighted by atomic mass is 16.2. The number of hydrogen-bond acceptors (Lipinski definition) is 2. The van der Waals surface area contributed by atoms with E-state index in [1.807, 2.05) is 30.5 Å². The van der Waals surface area contributed by atoms with Crippen LogP contribution in [0.5, 0.6) is 0 Å². The van der Waals surface area contributed by atoms with Crippen LogP contribution in [-0.2, 0) is 11.2 Å². The Morgan fingerprint density at radius 1 is 1.38 bits per heavy atom. The van der Waals surface area contributed by atoms with Crippen molar-refractivity contribution >= 4 is 16.8 Å². The number of amides is 1. The topological polar surface area (TPSA) is 70.9 Å². The van der Waals surface area contributed by atoms with Crippen molar-refractivity contribution in [2.75, 3.05) is 6.54 Å². The Labute approximate surface area is 126 Å². The van der Waals surface area contributed by atoms with E-state index in [1.54, 1.807) is 0 Å². The van der Waals surface area contributed by atoms with Crippen molar-refractivity contribution in [2.24, 2.45) is 11.1 Å². The highest BCUT2D eigenvalue weighted by Gasteiger charge is 2.20. The molecular weight excluding hydrogens is 262 g/mol. The third-order valence-corrected chi connectivity index (χ3v) is 4.15. The number of nitrogens with one attached hydrogen (secondary N) is 2. The van der Waals surface area contributed by atoms with Crippen LogP contribution < -0.4 is 11.1 Å². The first kappa shape index (κ1) is 15.6. The Kier molecular flexibility index (Phi) is 4.68. The molecular formula is C17H25N3O. The molecule has 0 radical (unpaired) electrons. The standard InChI is InChI=1S/C17H25N3O/c1-4-17(2,3)11-20-16(21)14(18)9-12-10-19-15-8-6-5-7-13(12)15/h5-8,10,14,19H,4,9,11,18H2,1-3H3,(H,20,21)/t14-/m1/s1. The first-order valence-corrected chi connectivity index (χ1v) is 7.51. The van der Waals surface area contributed by atoms with Gasteiger partial charge in [0.1, 0.15) is 0 Å². The van der Waals surface area contributed by atoms with Crippen LogP contribution in [0, 0.1) is 5.41 Å². The van der Waals surface area contributed by atoms with Crippen molar-refractivity contribution < 1.29 is 4.79 Å². The summed E-state index contributed by atoms with van der Waals surface area (Å²) in [5, 5.41) is 4.09. The van der Waals surface area contributed by atoms with Gasteiger partial charge >= 0.3 is 0 Å². The molecule has 0 saturated carbocycles. The van der Waals surface area contributed by atoms with Gasteiger partial charge in [-0.15, -0.1) is 0 Å². The van der Waals surface area contributed by atoms with Crippen LogP contribution in [0.4, 0.5) is 0 Å². The van der Waals surface area contributed by atoms with Crippen LogP contribution in [0.3, 0.4) is 0 Å². The molecule has 1 aromatic carbocycles. The van der Waals surface area contributed by atoms with Crippen LogP contribution >= 0.6 is 0 Å². The Balaban J connectivity index is 1.98. The number of nitrogens with two attached hydrogens (primary N) is 1. The highest BCUT2D eigenvalue weighted by Crippen LogP contribution is 2.19. The summed E-state index contributed by atoms with van der Waals surface area (Å²) >= 11 is 0. The van der Waals surface area contributed by atoms with Crippen LogP contribution in [0.1, 0.15) is 32.8 Å². The molecule has 0 aliphatic carbocycles. The average molecular weight is 287 g/mol. The van der Waals surface area contributed by atoms with E-state index in [4.69, 9.17) is 5.73 Å². The maximum atomic E-state index is 12.1. The van der Waals surface area contributed by atoms with E-state index in [2.05, 4.69) is 31.1 Å². The largest absolute Gasteiger partial charge is 0.361 e. The fourth-order valence-electron chi connectivity index (χ4n) is 2.21. The lowest BCUT2D eigenvalue weighted by atomic mass is 9.90. The van der Waals surface area contributed by atoms with Crippen molar-refractivity contribution in [3.63, 3.8) is 0 Å². The summed E-state index contributed by atoms with van der Waals surface area (Å²) in [6, 6.07) is 7.54. The molecule has 4 N–H and O–H groups in total. The van der Waals surface area contributed by atoms with E-state index >= 15 is 0 Å². The number of rotatable bonds is 6. The molecule has 4 nitrogen and oxygen atoms in total. The van der Waals surface area contributed by atoms with Crippen molar-refractivity contribution in [2.45, 2.75) is 39.7 Å². The smallest absolute Gasteiger partial charge is 0.237 e. The second-order valence-corrected chi connectivity index (χ2v) is 6.41. The minimum atomic E-state index is -0.517. The van der Waals surface area contributed by atoms with Gasteiger partial charge in [-0.1, -0.05) is 39.0 Å². The Hall–Kier alpha value is -1.81. The van der Waals surface area contributed by atoms with Gasteiger partial charge in [0.2, 0.25) is 5.91 Å². The monoisotopic (exact) mass is 287 g/mol. The maximum Gasteiger partial charge on any atom is 0.237 e. The summed E-state index contributed by atoms with van der Waals surface area (Å²) in [5.41, 5.74) is 8.31. The minimum Gasteiger partial charge on any atom is -0.361 e. The van der Waals surface area contributed by atoms with Gasteiger partial charge in [-0.3, -0.25) is 4.79 Å². The van der Waals surface area contributed by atoms with Gasteiger partial charge < -0.3 is 16.0 Å². The number of carbonyl (C=O) groups excluding carboxylic acids is 1. The molecule has 1 atom stereocenters. The Morgan fingerprint density at radius 2 is 2.10 bits per heavy atom. The van der Waals surface area contributed by atoms with Crippen molar-refractivity contribution in [1.29, 1.82) is 0 Å². The van der Waals surface area contributed by atoms with Crippen molar-refractivity contribution in [3.05, 3.63) is 36.0 Å². The lowest BCUT2D eigenvalue weighted by Gasteiger charge is -2.24. The van der Waals surface area contributed by atoms with E-state index in [9.17, 15) is 4.79 Å². The van der Waals surface area contributed by atoms with Crippen LogP contribution in [0.25, 0.3) is 10.9 Å². The zero-order valence-electron chi connectivity index (χ0n) is 13.1. The van der Waals surface area contributed by atoms with E-state index in [-0.39, 0.29) is 11.3 Å². The molecule has 0 saturated heterocycles. The zero-order valence-corrected chi connectivity index (χ0v) is 13.1. The lowest BCUT2D eigenvalue weighted by Crippen LogP contribution is -2.45. The summed E-state index contributed by atoms with van der Waals surface area (Å²) in [6.45, 7) is 7.05. The van der Waals surface area contributed by atoms with E-state index in [0.717, 1.165) is 22.9 Å². The lowest BCUT2D eigenvalue weighted by molar-refractivity contribution is -0.122. The fraction of sp³-hybridized carbons (Fsp3) is 0.471. The van der Waals surface area contributed by atoms with Crippen LogP contribution in [0.15, 0.2) is 30.5 Å². The van der Waals surface area contributed by atoms with Crippen molar-refractivity contribution in [3.8, 4) is 0 Å². The van der Waals surface area contributed by atoms with Gasteiger partial charge in [-0.2, -0.15) is 0 Å². The summed E-state index contributed by atoms with van der Waals surface area (Å²) in [5.74, 6) is -0.0817. The fourth-order valence-corrected chi connectivity index (χ4v) is 2.21. The zero-order chi connectivity index (χ0) is 15.5. The van der Waals surface area contributed by atoms with Gasteiger partial charge in [-0.05, 0) is 29.9 Å². The van der Waals surface area contributed by atoms with Gasteiger partial charge in [0, 0.05) is 23.6 Å². The second-order valence-electron chi connectivity index (χ2n) is 6.41. The molecule has 0 aliphatic heterocycles. The number of aromatic nitrogens is 1. The van der Waals surface area contributed by atoms with E-state index in [0.29, 0.717) is 13.0 Å². The predicted molar refractivity (Wildman–Crippen MR) is 87.1 cm³/mol. The SMILES string of the molecule is CCC(C)(C)CNC(=O)[C@H](N)Cc1c[nH]c2ccccc12.